The number of thioether (sulfide) groups is 1. The van der Waals surface area contributed by atoms with Gasteiger partial charge in [-0.15, -0.1) is 10.2 Å². The summed E-state index contributed by atoms with van der Waals surface area (Å²) in [6, 6.07) is 14.2. The average molecular weight is 399 g/mol. The van der Waals surface area contributed by atoms with Gasteiger partial charge in [0.05, 0.1) is 10.9 Å². The molecule has 0 saturated heterocycles. The maximum atomic E-state index is 13.8. The Bertz CT molecular complexity index is 973. The van der Waals surface area contributed by atoms with Crippen molar-refractivity contribution in [1.29, 1.82) is 0 Å². The summed E-state index contributed by atoms with van der Waals surface area (Å²) in [7, 11) is 0. The number of anilines is 1. The number of para-hydroxylation sites is 1. The van der Waals surface area contributed by atoms with Crippen molar-refractivity contribution in [3.63, 3.8) is 0 Å². The zero-order chi connectivity index (χ0) is 20.1. The van der Waals surface area contributed by atoms with Crippen LogP contribution in [0.3, 0.4) is 0 Å². The van der Waals surface area contributed by atoms with Gasteiger partial charge in [-0.25, -0.2) is 4.39 Å². The second-order valence-electron chi connectivity index (χ2n) is 6.56. The van der Waals surface area contributed by atoms with Crippen molar-refractivity contribution in [2.24, 2.45) is 0 Å². The van der Waals surface area contributed by atoms with E-state index in [-0.39, 0.29) is 11.6 Å². The molecule has 7 heteroatoms. The van der Waals surface area contributed by atoms with E-state index in [9.17, 15) is 9.18 Å². The fourth-order valence-corrected chi connectivity index (χ4v) is 3.68. The fourth-order valence-electron chi connectivity index (χ4n) is 2.81. The van der Waals surface area contributed by atoms with Gasteiger partial charge in [-0.05, 0) is 38.5 Å². The van der Waals surface area contributed by atoms with Crippen LogP contribution in [0.1, 0.15) is 25.8 Å². The van der Waals surface area contributed by atoms with Crippen molar-refractivity contribution < 1.29 is 9.18 Å². The van der Waals surface area contributed by atoms with Crippen LogP contribution in [0.4, 0.5) is 10.1 Å². The number of benzene rings is 2. The van der Waals surface area contributed by atoms with Crippen LogP contribution in [0.25, 0.3) is 11.4 Å². The molecule has 1 atom stereocenters. The lowest BCUT2D eigenvalue weighted by atomic mass is 10.1. The van der Waals surface area contributed by atoms with Gasteiger partial charge in [0.25, 0.3) is 0 Å². The van der Waals surface area contributed by atoms with Gasteiger partial charge in [0, 0.05) is 12.1 Å². The molecule has 1 N–H and O–H groups in total. The Balaban J connectivity index is 1.79. The molecule has 1 amide bonds. The van der Waals surface area contributed by atoms with Crippen LogP contribution in [0.2, 0.25) is 0 Å². The highest BCUT2D eigenvalue weighted by Crippen LogP contribution is 2.28. The number of halogens is 1. The quantitative estimate of drug-likeness (QED) is 0.574. The predicted octanol–water partition coefficient (Wildman–Crippen LogP) is 4.92. The Labute approximate surface area is 168 Å². The molecule has 0 spiro atoms. The molecule has 0 radical (unpaired) electrons. The summed E-state index contributed by atoms with van der Waals surface area (Å²) < 4.78 is 15.8. The molecule has 0 saturated carbocycles. The highest BCUT2D eigenvalue weighted by atomic mass is 32.2. The van der Waals surface area contributed by atoms with Gasteiger partial charge in [0.2, 0.25) is 5.91 Å². The van der Waals surface area contributed by atoms with E-state index in [1.165, 1.54) is 17.8 Å². The summed E-state index contributed by atoms with van der Waals surface area (Å²) in [5.74, 6) is 0.0527. The van der Waals surface area contributed by atoms with Crippen LogP contribution >= 0.6 is 11.8 Å². The van der Waals surface area contributed by atoms with Gasteiger partial charge in [-0.2, -0.15) is 0 Å². The van der Waals surface area contributed by atoms with Crippen molar-refractivity contribution >= 4 is 23.4 Å². The van der Waals surface area contributed by atoms with Crippen LogP contribution in [-0.4, -0.2) is 25.9 Å². The summed E-state index contributed by atoms with van der Waals surface area (Å²) in [6.07, 6.45) is 0.917. The highest BCUT2D eigenvalue weighted by Gasteiger charge is 2.21. The summed E-state index contributed by atoms with van der Waals surface area (Å²) >= 11 is 1.32. The molecular weight excluding hydrogens is 375 g/mol. The standard InChI is InChI=1S/C21H23FN4OS/c1-4-12-26-19(16-9-7-8-14(2)13-16)24-25-21(26)28-15(3)20(27)23-18-11-6-5-10-17(18)22/h5-11,13,15H,4,12H2,1-3H3,(H,23,27). The van der Waals surface area contributed by atoms with E-state index in [4.69, 9.17) is 0 Å². The Kier molecular flexibility index (Phi) is 6.46. The lowest BCUT2D eigenvalue weighted by Crippen LogP contribution is -2.23. The molecule has 28 heavy (non-hydrogen) atoms. The maximum absolute atomic E-state index is 13.8. The normalized spacial score (nSPS) is 12.0. The maximum Gasteiger partial charge on any atom is 0.237 e. The average Bonchev–Trinajstić information content (AvgIpc) is 3.06. The van der Waals surface area contributed by atoms with E-state index in [2.05, 4.69) is 28.5 Å². The molecule has 0 fully saturated rings. The molecule has 146 valence electrons. The van der Waals surface area contributed by atoms with Gasteiger partial charge < -0.3 is 9.88 Å². The van der Waals surface area contributed by atoms with Gasteiger partial charge >= 0.3 is 0 Å². The van der Waals surface area contributed by atoms with E-state index >= 15 is 0 Å². The minimum absolute atomic E-state index is 0.176. The molecule has 0 bridgehead atoms. The van der Waals surface area contributed by atoms with Crippen molar-refractivity contribution in [3.05, 3.63) is 59.9 Å². The number of hydrogen-bond donors (Lipinski definition) is 1. The molecular formula is C21H23FN4OS. The molecule has 3 rings (SSSR count). The molecule has 1 aromatic heterocycles. The molecule has 0 aliphatic carbocycles. The van der Waals surface area contributed by atoms with E-state index < -0.39 is 11.1 Å². The number of amides is 1. The Morgan fingerprint density at radius 2 is 2.00 bits per heavy atom. The molecule has 0 aliphatic rings. The molecule has 1 heterocycles. The van der Waals surface area contributed by atoms with Crippen molar-refractivity contribution in [2.45, 2.75) is 44.1 Å². The monoisotopic (exact) mass is 398 g/mol. The largest absolute Gasteiger partial charge is 0.323 e. The number of aryl methyl sites for hydroxylation is 1. The van der Waals surface area contributed by atoms with Gasteiger partial charge in [0.1, 0.15) is 5.82 Å². The van der Waals surface area contributed by atoms with Crippen molar-refractivity contribution in [1.82, 2.24) is 14.8 Å². The number of carbonyl (C=O) groups excluding carboxylic acids is 1. The first-order valence-corrected chi connectivity index (χ1v) is 10.1. The molecule has 3 aromatic rings. The molecule has 5 nitrogen and oxygen atoms in total. The van der Waals surface area contributed by atoms with Crippen molar-refractivity contribution in [2.75, 3.05) is 5.32 Å². The summed E-state index contributed by atoms with van der Waals surface area (Å²) in [4.78, 5) is 12.5. The van der Waals surface area contributed by atoms with E-state index in [1.807, 2.05) is 29.7 Å². The van der Waals surface area contributed by atoms with Crippen LogP contribution in [0.5, 0.6) is 0 Å². The summed E-state index contributed by atoms with van der Waals surface area (Å²) in [5.41, 5.74) is 2.32. The molecule has 2 aromatic carbocycles. The minimum atomic E-state index is -0.455. The third-order valence-corrected chi connectivity index (χ3v) is 5.30. The van der Waals surface area contributed by atoms with Crippen LogP contribution in [0.15, 0.2) is 53.7 Å². The lowest BCUT2D eigenvalue weighted by Gasteiger charge is -2.14. The van der Waals surface area contributed by atoms with E-state index in [0.717, 1.165) is 29.9 Å². The van der Waals surface area contributed by atoms with Gasteiger partial charge in [0.15, 0.2) is 11.0 Å². The number of rotatable bonds is 7. The first-order chi connectivity index (χ1) is 13.5. The van der Waals surface area contributed by atoms with Crippen LogP contribution in [-0.2, 0) is 11.3 Å². The summed E-state index contributed by atoms with van der Waals surface area (Å²) in [6.45, 7) is 6.65. The Morgan fingerprint density at radius 3 is 2.71 bits per heavy atom. The minimum Gasteiger partial charge on any atom is -0.323 e. The first-order valence-electron chi connectivity index (χ1n) is 9.22. The summed E-state index contributed by atoms with van der Waals surface area (Å²) in [5, 5.41) is 11.5. The second kappa shape index (κ2) is 9.01. The molecule has 1 unspecified atom stereocenters. The second-order valence-corrected chi connectivity index (χ2v) is 7.86. The van der Waals surface area contributed by atoms with Crippen LogP contribution in [0, 0.1) is 12.7 Å². The topological polar surface area (TPSA) is 59.8 Å². The molecule has 0 aliphatic heterocycles. The number of carbonyl (C=O) groups is 1. The highest BCUT2D eigenvalue weighted by molar-refractivity contribution is 8.00. The zero-order valence-corrected chi connectivity index (χ0v) is 17.0. The van der Waals surface area contributed by atoms with Crippen molar-refractivity contribution in [3.8, 4) is 11.4 Å². The Hall–Kier alpha value is -2.67. The van der Waals surface area contributed by atoms with E-state index in [1.54, 1.807) is 25.1 Å². The number of aromatic nitrogens is 3. The first kappa shape index (κ1) is 20.1. The van der Waals surface area contributed by atoms with Crippen LogP contribution < -0.4 is 5.32 Å². The van der Waals surface area contributed by atoms with Gasteiger partial charge in [-0.3, -0.25) is 4.79 Å². The van der Waals surface area contributed by atoms with Gasteiger partial charge in [-0.1, -0.05) is 54.6 Å². The SMILES string of the molecule is CCCn1c(SC(C)C(=O)Nc2ccccc2F)nnc1-c1cccc(C)c1. The number of nitrogens with zero attached hydrogens (tertiary/aromatic N) is 3. The zero-order valence-electron chi connectivity index (χ0n) is 16.1. The van der Waals surface area contributed by atoms with E-state index in [0.29, 0.717) is 5.16 Å². The third-order valence-electron chi connectivity index (χ3n) is 4.22. The third kappa shape index (κ3) is 4.59. The lowest BCUT2D eigenvalue weighted by molar-refractivity contribution is -0.115. The predicted molar refractivity (Wildman–Crippen MR) is 111 cm³/mol. The number of nitrogens with one attached hydrogen (secondary N) is 1. The smallest absolute Gasteiger partial charge is 0.237 e. The Morgan fingerprint density at radius 1 is 1.21 bits per heavy atom. The number of hydrogen-bond acceptors (Lipinski definition) is 4. The fraction of sp³-hybridized carbons (Fsp3) is 0.286.